The highest BCUT2D eigenvalue weighted by Gasteiger charge is 2.34. The fourth-order valence-electron chi connectivity index (χ4n) is 2.69. The molecule has 24 heavy (non-hydrogen) atoms. The van der Waals surface area contributed by atoms with Crippen molar-refractivity contribution in [2.75, 3.05) is 6.54 Å². The molecule has 1 aromatic heterocycles. The molecule has 0 saturated carbocycles. The van der Waals surface area contributed by atoms with Gasteiger partial charge < -0.3 is 5.11 Å². The van der Waals surface area contributed by atoms with Crippen molar-refractivity contribution in [2.45, 2.75) is 20.8 Å². The summed E-state index contributed by atoms with van der Waals surface area (Å²) in [7, 11) is 0. The van der Waals surface area contributed by atoms with E-state index in [0.29, 0.717) is 27.7 Å². The zero-order chi connectivity index (χ0) is 17.6. The van der Waals surface area contributed by atoms with Gasteiger partial charge in [-0.05, 0) is 26.8 Å². The predicted octanol–water partition coefficient (Wildman–Crippen LogP) is 2.27. The van der Waals surface area contributed by atoms with Gasteiger partial charge in [-0.2, -0.15) is 0 Å². The molecule has 0 spiro atoms. The average Bonchev–Trinajstić information content (AvgIpc) is 2.86. The highest BCUT2D eigenvalue weighted by Crippen LogP contribution is 2.33. The number of fused-ring (bicyclic) bond motifs is 1. The third-order valence-electron chi connectivity index (χ3n) is 4.13. The van der Waals surface area contributed by atoms with Crippen LogP contribution in [0.15, 0.2) is 23.9 Å². The van der Waals surface area contributed by atoms with Crippen molar-refractivity contribution in [3.63, 3.8) is 0 Å². The van der Waals surface area contributed by atoms with Crippen LogP contribution in [0, 0.1) is 19.7 Å². The number of nitrogens with zero attached hydrogens (tertiary/aromatic N) is 1. The normalized spacial score (nSPS) is 16.8. The van der Waals surface area contributed by atoms with E-state index < -0.39 is 17.6 Å². The molecule has 3 rings (SSSR count). The number of carbonyl (C=O) groups is 2. The van der Waals surface area contributed by atoms with Crippen LogP contribution in [0.5, 0.6) is 0 Å². The van der Waals surface area contributed by atoms with Gasteiger partial charge in [0.2, 0.25) is 5.78 Å². The number of hydrogen-bond acceptors (Lipinski definition) is 4. The number of quaternary nitrogens is 1. The van der Waals surface area contributed by atoms with E-state index in [1.54, 1.807) is 6.07 Å². The molecule has 0 radical (unpaired) electrons. The van der Waals surface area contributed by atoms with E-state index in [9.17, 15) is 19.1 Å². The molecule has 1 atom stereocenters. The summed E-state index contributed by atoms with van der Waals surface area (Å²) in [6, 6.07) is 2.74. The zero-order valence-corrected chi connectivity index (χ0v) is 14.3. The van der Waals surface area contributed by atoms with Gasteiger partial charge in [0, 0.05) is 10.9 Å². The van der Waals surface area contributed by atoms with Crippen LogP contribution < -0.4 is 4.90 Å². The fraction of sp³-hybridized carbons (Fsp3) is 0.235. The topological polar surface area (TPSA) is 71.7 Å². The van der Waals surface area contributed by atoms with Crippen LogP contribution in [0.4, 0.5) is 10.1 Å². The predicted molar refractivity (Wildman–Crippen MR) is 88.2 cm³/mol. The van der Waals surface area contributed by atoms with Gasteiger partial charge in [-0.15, -0.1) is 11.3 Å². The Morgan fingerprint density at radius 1 is 1.33 bits per heavy atom. The SMILES string of the molecule is CC[NH+]1C=C(C(=O)O)C(=O)c2cc(F)c(-c3nc(C)c(C)s3)cc21. The number of nitrogens with one attached hydrogen (secondary N) is 1. The number of thiazole rings is 1. The lowest BCUT2D eigenvalue weighted by Gasteiger charge is -2.21. The lowest BCUT2D eigenvalue weighted by molar-refractivity contribution is -0.773. The first kappa shape index (κ1) is 16.5. The molecule has 0 bridgehead atoms. The molecule has 2 heterocycles. The minimum absolute atomic E-state index is 0.0954. The first-order chi connectivity index (χ1) is 11.3. The number of carboxylic acid groups (broad SMARTS) is 1. The van der Waals surface area contributed by atoms with Gasteiger partial charge in [0.1, 0.15) is 22.7 Å². The number of rotatable bonds is 3. The number of aromatic nitrogens is 1. The molecule has 7 heteroatoms. The third-order valence-corrected chi connectivity index (χ3v) is 5.24. The first-order valence-corrected chi connectivity index (χ1v) is 8.29. The molecular formula is C17H16FN2O3S+. The zero-order valence-electron chi connectivity index (χ0n) is 13.4. The molecule has 2 N–H and O–H groups in total. The van der Waals surface area contributed by atoms with Crippen LogP contribution in [0.1, 0.15) is 27.9 Å². The summed E-state index contributed by atoms with van der Waals surface area (Å²) in [5, 5.41) is 9.73. The lowest BCUT2D eigenvalue weighted by Crippen LogP contribution is -3.03. The van der Waals surface area contributed by atoms with Gasteiger partial charge in [-0.3, -0.25) is 9.69 Å². The van der Waals surface area contributed by atoms with Crippen molar-refractivity contribution in [2.24, 2.45) is 0 Å². The Morgan fingerprint density at radius 2 is 2.04 bits per heavy atom. The maximum Gasteiger partial charge on any atom is 0.345 e. The first-order valence-electron chi connectivity index (χ1n) is 7.47. The molecule has 1 aromatic carbocycles. The Labute approximate surface area is 142 Å². The Balaban J connectivity index is 2.19. The Bertz CT molecular complexity index is 882. The van der Waals surface area contributed by atoms with Crippen molar-refractivity contribution < 1.29 is 24.0 Å². The molecule has 1 unspecified atom stereocenters. The molecule has 5 nitrogen and oxygen atoms in total. The summed E-state index contributed by atoms with van der Waals surface area (Å²) in [6.45, 7) is 6.19. The van der Waals surface area contributed by atoms with Gasteiger partial charge in [0.25, 0.3) is 0 Å². The molecular weight excluding hydrogens is 331 g/mol. The van der Waals surface area contributed by atoms with Crippen LogP contribution in [0.3, 0.4) is 0 Å². The minimum atomic E-state index is -1.30. The summed E-state index contributed by atoms with van der Waals surface area (Å²) in [5.74, 6) is -2.53. The standard InChI is InChI=1S/C17H15FN2O3S/c1-4-20-7-12(17(22)23)15(21)11-5-13(18)10(6-14(11)20)16-19-8(2)9(3)24-16/h5-7H,4H2,1-3H3,(H,22,23)/p+1. The number of carbonyl (C=O) groups excluding carboxylic acids is 1. The third kappa shape index (κ3) is 2.55. The van der Waals surface area contributed by atoms with E-state index >= 15 is 0 Å². The maximum absolute atomic E-state index is 14.6. The second kappa shape index (κ2) is 5.92. The summed E-state index contributed by atoms with van der Waals surface area (Å²) < 4.78 is 14.6. The van der Waals surface area contributed by atoms with Crippen LogP contribution in [-0.4, -0.2) is 28.4 Å². The second-order valence-electron chi connectivity index (χ2n) is 5.61. The van der Waals surface area contributed by atoms with Crippen molar-refractivity contribution >= 4 is 28.8 Å². The lowest BCUT2D eigenvalue weighted by atomic mass is 9.96. The monoisotopic (exact) mass is 347 g/mol. The summed E-state index contributed by atoms with van der Waals surface area (Å²) in [6.07, 6.45) is 1.38. The van der Waals surface area contributed by atoms with Crippen molar-refractivity contribution in [3.8, 4) is 10.6 Å². The van der Waals surface area contributed by atoms with Gasteiger partial charge in [-0.25, -0.2) is 14.2 Å². The second-order valence-corrected chi connectivity index (χ2v) is 6.81. The van der Waals surface area contributed by atoms with Crippen LogP contribution >= 0.6 is 11.3 Å². The number of carboxylic acids is 1. The number of aryl methyl sites for hydroxylation is 2. The van der Waals surface area contributed by atoms with E-state index in [4.69, 9.17) is 0 Å². The van der Waals surface area contributed by atoms with Crippen molar-refractivity contribution in [1.82, 2.24) is 4.98 Å². The summed E-state index contributed by atoms with van der Waals surface area (Å²) in [4.78, 5) is 29.7. The fourth-order valence-corrected chi connectivity index (χ4v) is 3.62. The molecule has 0 saturated heterocycles. The summed E-state index contributed by atoms with van der Waals surface area (Å²) >= 11 is 1.39. The number of aliphatic carboxylic acids is 1. The number of hydrogen-bond donors (Lipinski definition) is 2. The van der Waals surface area contributed by atoms with Crippen LogP contribution in [-0.2, 0) is 4.79 Å². The number of halogens is 1. The van der Waals surface area contributed by atoms with E-state index in [1.165, 1.54) is 17.5 Å². The molecule has 1 aliphatic rings. The highest BCUT2D eigenvalue weighted by atomic mass is 32.1. The Morgan fingerprint density at radius 3 is 2.58 bits per heavy atom. The van der Waals surface area contributed by atoms with Crippen molar-refractivity contribution in [3.05, 3.63) is 45.9 Å². The number of ketones is 1. The van der Waals surface area contributed by atoms with E-state index in [1.807, 2.05) is 20.8 Å². The smallest absolute Gasteiger partial charge is 0.345 e. The van der Waals surface area contributed by atoms with Gasteiger partial charge in [0.05, 0.1) is 23.4 Å². The van der Waals surface area contributed by atoms with E-state index in [-0.39, 0.29) is 11.1 Å². The highest BCUT2D eigenvalue weighted by molar-refractivity contribution is 7.15. The molecule has 0 amide bonds. The molecule has 124 valence electrons. The Kier molecular flexibility index (Phi) is 4.06. The minimum Gasteiger partial charge on any atom is -0.477 e. The van der Waals surface area contributed by atoms with E-state index in [2.05, 4.69) is 4.98 Å². The van der Waals surface area contributed by atoms with Crippen molar-refractivity contribution in [1.29, 1.82) is 0 Å². The maximum atomic E-state index is 14.6. The van der Waals surface area contributed by atoms with Gasteiger partial charge in [-0.1, -0.05) is 0 Å². The molecule has 2 aromatic rings. The van der Waals surface area contributed by atoms with Crippen LogP contribution in [0.2, 0.25) is 0 Å². The summed E-state index contributed by atoms with van der Waals surface area (Å²) in [5.41, 5.74) is 1.52. The molecule has 0 fully saturated rings. The van der Waals surface area contributed by atoms with E-state index in [0.717, 1.165) is 16.6 Å². The van der Waals surface area contributed by atoms with Gasteiger partial charge >= 0.3 is 5.97 Å². The van der Waals surface area contributed by atoms with Gasteiger partial charge in [0.15, 0.2) is 5.57 Å². The Hall–Kier alpha value is -2.38. The number of Topliss-reactive ketones (excluding diaryl/α,β-unsaturated/α-hetero) is 1. The quantitative estimate of drug-likeness (QED) is 0.836. The average molecular weight is 347 g/mol. The number of benzene rings is 1. The van der Waals surface area contributed by atoms with Crippen LogP contribution in [0.25, 0.3) is 10.6 Å². The molecule has 0 aliphatic carbocycles. The molecule has 1 aliphatic heterocycles. The largest absolute Gasteiger partial charge is 0.477 e.